The summed E-state index contributed by atoms with van der Waals surface area (Å²) in [5.41, 5.74) is 4.03. The third-order valence-corrected chi connectivity index (χ3v) is 2.40. The van der Waals surface area contributed by atoms with Gasteiger partial charge in [-0.3, -0.25) is 0 Å². The van der Waals surface area contributed by atoms with Crippen molar-refractivity contribution in [2.75, 3.05) is 5.73 Å². The molecule has 1 rings (SSSR count). The number of amides is 1. The lowest BCUT2D eigenvalue weighted by molar-refractivity contribution is 0.0462. The van der Waals surface area contributed by atoms with Crippen molar-refractivity contribution in [1.82, 2.24) is 15.1 Å². The quantitative estimate of drug-likeness (QED) is 0.896. The van der Waals surface area contributed by atoms with Gasteiger partial charge in [0, 0.05) is 6.07 Å². The van der Waals surface area contributed by atoms with Gasteiger partial charge < -0.3 is 15.8 Å². The standard InChI is InChI=1S/C12H20F2N4O2/c1-11(2,3)20-10(19)16-12(4,5)7-6-8(15)18(17-7)9(13)14/h6,9H,15H2,1-5H3,(H,16,19). The molecule has 114 valence electrons. The summed E-state index contributed by atoms with van der Waals surface area (Å²) in [7, 11) is 0. The van der Waals surface area contributed by atoms with E-state index in [0.29, 0.717) is 4.68 Å². The fraction of sp³-hybridized carbons (Fsp3) is 0.667. The highest BCUT2D eigenvalue weighted by Crippen LogP contribution is 2.24. The van der Waals surface area contributed by atoms with E-state index in [2.05, 4.69) is 10.4 Å². The first-order chi connectivity index (χ1) is 8.92. The van der Waals surface area contributed by atoms with Crippen LogP contribution < -0.4 is 11.1 Å². The van der Waals surface area contributed by atoms with Crippen LogP contribution in [0.15, 0.2) is 6.07 Å². The van der Waals surface area contributed by atoms with Gasteiger partial charge in [0.1, 0.15) is 11.4 Å². The third kappa shape index (κ3) is 4.07. The van der Waals surface area contributed by atoms with E-state index in [1.54, 1.807) is 34.6 Å². The highest BCUT2D eigenvalue weighted by atomic mass is 19.3. The number of carbonyl (C=O) groups is 1. The molecule has 8 heteroatoms. The highest BCUT2D eigenvalue weighted by Gasteiger charge is 2.30. The summed E-state index contributed by atoms with van der Waals surface area (Å²) in [4.78, 5) is 11.7. The summed E-state index contributed by atoms with van der Waals surface area (Å²) in [6.07, 6.45) is -0.660. The number of alkyl halides is 2. The van der Waals surface area contributed by atoms with Crippen molar-refractivity contribution in [2.45, 2.75) is 52.3 Å². The van der Waals surface area contributed by atoms with Crippen LogP contribution in [-0.2, 0) is 10.3 Å². The van der Waals surface area contributed by atoms with Crippen molar-refractivity contribution >= 4 is 11.9 Å². The van der Waals surface area contributed by atoms with Crippen molar-refractivity contribution in [3.8, 4) is 0 Å². The Labute approximate surface area is 116 Å². The number of alkyl carbamates (subject to hydrolysis) is 1. The molecule has 0 saturated heterocycles. The van der Waals surface area contributed by atoms with Gasteiger partial charge in [-0.05, 0) is 34.6 Å². The number of hydrogen-bond acceptors (Lipinski definition) is 4. The summed E-state index contributed by atoms with van der Waals surface area (Å²) >= 11 is 0. The first kappa shape index (κ1) is 16.2. The topological polar surface area (TPSA) is 82.2 Å². The third-order valence-electron chi connectivity index (χ3n) is 2.40. The average molecular weight is 290 g/mol. The maximum atomic E-state index is 12.6. The highest BCUT2D eigenvalue weighted by molar-refractivity contribution is 5.69. The smallest absolute Gasteiger partial charge is 0.408 e. The van der Waals surface area contributed by atoms with Crippen LogP contribution in [0.2, 0.25) is 0 Å². The number of nitrogens with zero attached hydrogens (tertiary/aromatic N) is 2. The molecule has 1 heterocycles. The lowest BCUT2D eigenvalue weighted by atomic mass is 10.0. The van der Waals surface area contributed by atoms with Crippen LogP contribution in [0.1, 0.15) is 46.9 Å². The second-order valence-electron chi connectivity index (χ2n) is 5.93. The van der Waals surface area contributed by atoms with Crippen LogP contribution in [0.4, 0.5) is 19.4 Å². The Hall–Kier alpha value is -1.86. The number of rotatable bonds is 3. The minimum Gasteiger partial charge on any atom is -0.444 e. The molecule has 0 atom stereocenters. The second kappa shape index (κ2) is 5.26. The molecule has 0 unspecified atom stereocenters. The average Bonchev–Trinajstić information content (AvgIpc) is 2.56. The second-order valence-corrected chi connectivity index (χ2v) is 5.93. The zero-order valence-corrected chi connectivity index (χ0v) is 12.2. The first-order valence-electron chi connectivity index (χ1n) is 6.07. The molecule has 0 aliphatic rings. The van der Waals surface area contributed by atoms with Crippen molar-refractivity contribution < 1.29 is 18.3 Å². The van der Waals surface area contributed by atoms with Gasteiger partial charge >= 0.3 is 12.6 Å². The Bertz CT molecular complexity index is 492. The normalized spacial score (nSPS) is 12.6. The molecule has 0 saturated carbocycles. The minimum atomic E-state index is -2.83. The van der Waals surface area contributed by atoms with E-state index in [0.717, 1.165) is 0 Å². The predicted octanol–water partition coefficient (Wildman–Crippen LogP) is 2.62. The van der Waals surface area contributed by atoms with Crippen LogP contribution in [0.3, 0.4) is 0 Å². The molecule has 20 heavy (non-hydrogen) atoms. The van der Waals surface area contributed by atoms with E-state index in [9.17, 15) is 13.6 Å². The van der Waals surface area contributed by atoms with Gasteiger partial charge in [-0.15, -0.1) is 0 Å². The van der Waals surface area contributed by atoms with Crippen molar-refractivity contribution in [2.24, 2.45) is 0 Å². The summed E-state index contributed by atoms with van der Waals surface area (Å²) in [6.45, 7) is 5.58. The van der Waals surface area contributed by atoms with E-state index in [4.69, 9.17) is 10.5 Å². The number of halogens is 2. The molecule has 3 N–H and O–H groups in total. The summed E-state index contributed by atoms with van der Waals surface area (Å²) < 4.78 is 30.8. The summed E-state index contributed by atoms with van der Waals surface area (Å²) in [5.74, 6) is -0.172. The minimum absolute atomic E-state index is 0.172. The molecular formula is C12H20F2N4O2. The molecule has 0 radical (unpaired) electrons. The van der Waals surface area contributed by atoms with Gasteiger partial charge in [-0.2, -0.15) is 18.6 Å². The molecular weight excluding hydrogens is 270 g/mol. The SMILES string of the molecule is CC(C)(C)OC(=O)NC(C)(C)c1cc(N)n(C(F)F)n1. The maximum Gasteiger partial charge on any atom is 0.408 e. The van der Waals surface area contributed by atoms with Crippen LogP contribution in [0.5, 0.6) is 0 Å². The fourth-order valence-electron chi connectivity index (χ4n) is 1.49. The number of carbonyl (C=O) groups excluding carboxylic acids is 1. The van der Waals surface area contributed by atoms with Crippen LogP contribution >= 0.6 is 0 Å². The number of nitrogen functional groups attached to an aromatic ring is 1. The van der Waals surface area contributed by atoms with Crippen LogP contribution in [-0.4, -0.2) is 21.5 Å². The Morgan fingerprint density at radius 2 is 1.95 bits per heavy atom. The number of hydrogen-bond donors (Lipinski definition) is 2. The molecule has 0 bridgehead atoms. The van der Waals surface area contributed by atoms with E-state index >= 15 is 0 Å². The Kier molecular flexibility index (Phi) is 4.26. The van der Waals surface area contributed by atoms with E-state index in [-0.39, 0.29) is 11.5 Å². The monoisotopic (exact) mass is 290 g/mol. The lowest BCUT2D eigenvalue weighted by Gasteiger charge is -2.27. The van der Waals surface area contributed by atoms with Crippen LogP contribution in [0.25, 0.3) is 0 Å². The molecule has 0 aliphatic heterocycles. The molecule has 1 aromatic rings. The number of nitrogens with two attached hydrogens (primary N) is 1. The molecule has 1 amide bonds. The van der Waals surface area contributed by atoms with Crippen molar-refractivity contribution in [1.29, 1.82) is 0 Å². The fourth-order valence-corrected chi connectivity index (χ4v) is 1.49. The van der Waals surface area contributed by atoms with Crippen molar-refractivity contribution in [3.63, 3.8) is 0 Å². The zero-order chi connectivity index (χ0) is 15.7. The van der Waals surface area contributed by atoms with E-state index in [1.807, 2.05) is 0 Å². The van der Waals surface area contributed by atoms with Gasteiger partial charge in [0.15, 0.2) is 0 Å². The molecule has 0 aromatic carbocycles. The number of ether oxygens (including phenoxy) is 1. The maximum absolute atomic E-state index is 12.6. The Balaban J connectivity index is 2.88. The molecule has 1 aromatic heterocycles. The largest absolute Gasteiger partial charge is 0.444 e. The zero-order valence-electron chi connectivity index (χ0n) is 12.2. The number of anilines is 1. The van der Waals surface area contributed by atoms with E-state index in [1.165, 1.54) is 6.07 Å². The van der Waals surface area contributed by atoms with Crippen molar-refractivity contribution in [3.05, 3.63) is 11.8 Å². The summed E-state index contributed by atoms with van der Waals surface area (Å²) in [6, 6.07) is 1.30. The first-order valence-corrected chi connectivity index (χ1v) is 6.07. The number of aromatic nitrogens is 2. The molecule has 6 nitrogen and oxygen atoms in total. The van der Waals surface area contributed by atoms with Crippen LogP contribution in [0, 0.1) is 0 Å². The van der Waals surface area contributed by atoms with E-state index < -0.39 is 23.8 Å². The summed E-state index contributed by atoms with van der Waals surface area (Å²) in [5, 5.41) is 6.27. The molecule has 0 fully saturated rings. The number of nitrogens with one attached hydrogen (secondary N) is 1. The van der Waals surface area contributed by atoms with Gasteiger partial charge in [0.25, 0.3) is 0 Å². The Morgan fingerprint density at radius 1 is 1.40 bits per heavy atom. The lowest BCUT2D eigenvalue weighted by Crippen LogP contribution is -2.44. The molecule has 0 aliphatic carbocycles. The van der Waals surface area contributed by atoms with Gasteiger partial charge in [0.2, 0.25) is 0 Å². The van der Waals surface area contributed by atoms with Gasteiger partial charge in [-0.1, -0.05) is 0 Å². The molecule has 0 spiro atoms. The predicted molar refractivity (Wildman–Crippen MR) is 70.3 cm³/mol. The van der Waals surface area contributed by atoms with Gasteiger partial charge in [0.05, 0.1) is 11.2 Å². The van der Waals surface area contributed by atoms with Gasteiger partial charge in [-0.25, -0.2) is 4.79 Å². The Morgan fingerprint density at radius 3 is 2.35 bits per heavy atom.